The molecule has 1 aliphatic rings. The van der Waals surface area contributed by atoms with Crippen molar-refractivity contribution < 1.29 is 18.6 Å². The minimum absolute atomic E-state index is 0.295. The summed E-state index contributed by atoms with van der Waals surface area (Å²) in [6.07, 6.45) is 4.70. The molecule has 2 aromatic heterocycles. The van der Waals surface area contributed by atoms with Crippen LogP contribution in [0.5, 0.6) is 5.75 Å². The Bertz CT molecular complexity index is 1200. The van der Waals surface area contributed by atoms with Gasteiger partial charge in [0.25, 0.3) is 0 Å². The molecule has 1 fully saturated rings. The Morgan fingerprint density at radius 2 is 2.03 bits per heavy atom. The van der Waals surface area contributed by atoms with Crippen LogP contribution in [0.25, 0.3) is 16.7 Å². The molecule has 0 radical (unpaired) electrons. The number of rotatable bonds is 5. The summed E-state index contributed by atoms with van der Waals surface area (Å²) in [5.74, 6) is 0.121. The SMILES string of the molecule is COC1(c2cc(F)cc(OCc3ccc4c(c3)ncc3nncn34)c2)CCOCC1. The predicted molar refractivity (Wildman–Crippen MR) is 108 cm³/mol. The lowest BCUT2D eigenvalue weighted by atomic mass is 9.86. The van der Waals surface area contributed by atoms with Crippen molar-refractivity contribution in [2.75, 3.05) is 20.3 Å². The van der Waals surface area contributed by atoms with Gasteiger partial charge in [0, 0.05) is 39.2 Å². The standard InChI is InChI=1S/C22H21FN4O3/c1-28-22(4-6-29-7-5-22)16-9-17(23)11-18(10-16)30-13-15-2-3-20-19(8-15)24-12-21-26-25-14-27(20)21/h2-3,8-12,14H,4-7,13H2,1H3. The van der Waals surface area contributed by atoms with Crippen LogP contribution >= 0.6 is 0 Å². The maximum absolute atomic E-state index is 14.3. The third-order valence-corrected chi connectivity index (χ3v) is 5.69. The number of nitrogens with zero attached hydrogens (tertiary/aromatic N) is 4. The van der Waals surface area contributed by atoms with Crippen molar-refractivity contribution in [1.29, 1.82) is 0 Å². The zero-order valence-corrected chi connectivity index (χ0v) is 16.5. The van der Waals surface area contributed by atoms with Gasteiger partial charge in [0.2, 0.25) is 0 Å². The summed E-state index contributed by atoms with van der Waals surface area (Å²) < 4.78 is 33.4. The van der Waals surface area contributed by atoms with E-state index in [1.807, 2.05) is 28.7 Å². The van der Waals surface area contributed by atoms with Crippen LogP contribution in [0, 0.1) is 5.82 Å². The molecule has 154 valence electrons. The molecule has 0 atom stereocenters. The molecule has 0 saturated carbocycles. The van der Waals surface area contributed by atoms with Gasteiger partial charge in [-0.25, -0.2) is 4.39 Å². The Labute approximate surface area is 172 Å². The molecule has 1 saturated heterocycles. The fraction of sp³-hybridized carbons (Fsp3) is 0.318. The highest BCUT2D eigenvalue weighted by Gasteiger charge is 2.35. The molecule has 4 aromatic rings. The highest BCUT2D eigenvalue weighted by Crippen LogP contribution is 2.37. The Balaban J connectivity index is 1.39. The zero-order chi connectivity index (χ0) is 20.6. The number of halogens is 1. The second kappa shape index (κ2) is 7.62. The van der Waals surface area contributed by atoms with Crippen molar-refractivity contribution >= 4 is 16.7 Å². The van der Waals surface area contributed by atoms with Crippen molar-refractivity contribution in [3.8, 4) is 5.75 Å². The van der Waals surface area contributed by atoms with Gasteiger partial charge in [0.05, 0.1) is 22.8 Å². The third kappa shape index (κ3) is 3.38. The van der Waals surface area contributed by atoms with E-state index in [1.54, 1.807) is 19.6 Å². The summed E-state index contributed by atoms with van der Waals surface area (Å²) in [4.78, 5) is 4.44. The summed E-state index contributed by atoms with van der Waals surface area (Å²) in [5, 5.41) is 7.92. The average molecular weight is 408 g/mol. The number of hydrogen-bond donors (Lipinski definition) is 0. The summed E-state index contributed by atoms with van der Waals surface area (Å²) >= 11 is 0. The van der Waals surface area contributed by atoms with Gasteiger partial charge in [-0.2, -0.15) is 0 Å². The number of hydrogen-bond acceptors (Lipinski definition) is 6. The lowest BCUT2D eigenvalue weighted by molar-refractivity contribution is -0.0950. The highest BCUT2D eigenvalue weighted by molar-refractivity contribution is 5.77. The van der Waals surface area contributed by atoms with Gasteiger partial charge in [-0.05, 0) is 35.4 Å². The molecule has 1 aliphatic heterocycles. The van der Waals surface area contributed by atoms with Gasteiger partial charge >= 0.3 is 0 Å². The van der Waals surface area contributed by atoms with Crippen LogP contribution in [0.1, 0.15) is 24.0 Å². The summed E-state index contributed by atoms with van der Waals surface area (Å²) in [5.41, 5.74) is 3.58. The van der Waals surface area contributed by atoms with E-state index in [9.17, 15) is 4.39 Å². The minimum Gasteiger partial charge on any atom is -0.489 e. The van der Waals surface area contributed by atoms with Crippen molar-refractivity contribution in [2.24, 2.45) is 0 Å². The van der Waals surface area contributed by atoms with Crippen molar-refractivity contribution in [2.45, 2.75) is 25.0 Å². The monoisotopic (exact) mass is 408 g/mol. The first kappa shape index (κ1) is 18.9. The number of benzene rings is 2. The number of aromatic nitrogens is 4. The normalized spacial score (nSPS) is 16.2. The number of fused-ring (bicyclic) bond motifs is 3. The van der Waals surface area contributed by atoms with E-state index in [0.29, 0.717) is 44.1 Å². The Kier molecular flexibility index (Phi) is 4.80. The van der Waals surface area contributed by atoms with Crippen LogP contribution < -0.4 is 4.74 Å². The molecule has 0 N–H and O–H groups in total. The first-order valence-electron chi connectivity index (χ1n) is 9.81. The molecule has 5 rings (SSSR count). The predicted octanol–water partition coefficient (Wildman–Crippen LogP) is 3.65. The first-order chi connectivity index (χ1) is 14.7. The van der Waals surface area contributed by atoms with Crippen molar-refractivity contribution in [3.63, 3.8) is 0 Å². The summed E-state index contributed by atoms with van der Waals surface area (Å²) in [6.45, 7) is 1.47. The van der Waals surface area contributed by atoms with E-state index >= 15 is 0 Å². The fourth-order valence-electron chi connectivity index (χ4n) is 4.00. The topological polar surface area (TPSA) is 70.8 Å². The molecule has 8 heteroatoms. The first-order valence-corrected chi connectivity index (χ1v) is 9.81. The quantitative estimate of drug-likeness (QED) is 0.502. The fourth-order valence-corrected chi connectivity index (χ4v) is 4.00. The largest absolute Gasteiger partial charge is 0.489 e. The minimum atomic E-state index is -0.546. The van der Waals surface area contributed by atoms with E-state index in [-0.39, 0.29) is 5.82 Å². The second-order valence-corrected chi connectivity index (χ2v) is 7.42. The molecule has 7 nitrogen and oxygen atoms in total. The molecule has 3 heterocycles. The van der Waals surface area contributed by atoms with E-state index in [1.165, 1.54) is 12.1 Å². The second-order valence-electron chi connectivity index (χ2n) is 7.42. The molecule has 2 aromatic carbocycles. The zero-order valence-electron chi connectivity index (χ0n) is 16.5. The van der Waals surface area contributed by atoms with Crippen molar-refractivity contribution in [3.05, 3.63) is 65.9 Å². The summed E-state index contributed by atoms with van der Waals surface area (Å²) in [6, 6.07) is 10.6. The van der Waals surface area contributed by atoms with Crippen LogP contribution in [0.2, 0.25) is 0 Å². The molecular formula is C22H21FN4O3. The molecule has 0 aliphatic carbocycles. The summed E-state index contributed by atoms with van der Waals surface area (Å²) in [7, 11) is 1.66. The Morgan fingerprint density at radius 1 is 1.17 bits per heavy atom. The van der Waals surface area contributed by atoms with E-state index in [2.05, 4.69) is 15.2 Å². The van der Waals surface area contributed by atoms with Gasteiger partial charge in [-0.1, -0.05) is 6.07 Å². The molecule has 0 spiro atoms. The number of methoxy groups -OCH3 is 1. The van der Waals surface area contributed by atoms with Crippen molar-refractivity contribution in [1.82, 2.24) is 19.6 Å². The van der Waals surface area contributed by atoms with Gasteiger partial charge < -0.3 is 14.2 Å². The van der Waals surface area contributed by atoms with Gasteiger partial charge in [0.15, 0.2) is 5.65 Å². The Hall–Kier alpha value is -3.10. The molecule has 0 unspecified atom stereocenters. The molecule has 0 bridgehead atoms. The number of ether oxygens (including phenoxy) is 3. The maximum Gasteiger partial charge on any atom is 0.179 e. The molecule has 0 amide bonds. The highest BCUT2D eigenvalue weighted by atomic mass is 19.1. The van der Waals surface area contributed by atoms with Crippen LogP contribution in [0.4, 0.5) is 4.39 Å². The van der Waals surface area contributed by atoms with E-state index in [0.717, 1.165) is 22.2 Å². The van der Waals surface area contributed by atoms with Crippen LogP contribution in [0.3, 0.4) is 0 Å². The third-order valence-electron chi connectivity index (χ3n) is 5.69. The van der Waals surface area contributed by atoms with Gasteiger partial charge in [-0.3, -0.25) is 9.38 Å². The lowest BCUT2D eigenvalue weighted by Gasteiger charge is -2.36. The smallest absolute Gasteiger partial charge is 0.179 e. The Morgan fingerprint density at radius 3 is 2.87 bits per heavy atom. The maximum atomic E-state index is 14.3. The van der Waals surface area contributed by atoms with Gasteiger partial charge in [0.1, 0.15) is 24.5 Å². The van der Waals surface area contributed by atoms with Crippen LogP contribution in [-0.4, -0.2) is 39.9 Å². The lowest BCUT2D eigenvalue weighted by Crippen LogP contribution is -2.35. The van der Waals surface area contributed by atoms with E-state index < -0.39 is 5.60 Å². The van der Waals surface area contributed by atoms with Gasteiger partial charge in [-0.15, -0.1) is 10.2 Å². The van der Waals surface area contributed by atoms with Crippen LogP contribution in [-0.2, 0) is 21.7 Å². The average Bonchev–Trinajstić information content (AvgIpc) is 3.27. The molecule has 30 heavy (non-hydrogen) atoms. The van der Waals surface area contributed by atoms with E-state index in [4.69, 9.17) is 14.2 Å². The van der Waals surface area contributed by atoms with Crippen LogP contribution in [0.15, 0.2) is 48.9 Å². The molecular weight excluding hydrogens is 387 g/mol.